The third kappa shape index (κ3) is 5.42. The van der Waals surface area contributed by atoms with Crippen molar-refractivity contribution in [2.24, 2.45) is 5.92 Å². The molecule has 1 aliphatic rings. The third-order valence-corrected chi connectivity index (χ3v) is 6.07. The van der Waals surface area contributed by atoms with Crippen LogP contribution in [0.15, 0.2) is 36.4 Å². The highest BCUT2D eigenvalue weighted by Gasteiger charge is 2.36. The number of methoxy groups -OCH3 is 1. The van der Waals surface area contributed by atoms with Gasteiger partial charge in [0.15, 0.2) is 5.78 Å². The topological polar surface area (TPSA) is 116 Å². The highest BCUT2D eigenvalue weighted by Crippen LogP contribution is 2.48. The molecule has 7 nitrogen and oxygen atoms in total. The van der Waals surface area contributed by atoms with Gasteiger partial charge in [0.2, 0.25) is 0 Å². The minimum atomic E-state index is -0.844. The van der Waals surface area contributed by atoms with Crippen LogP contribution < -0.4 is 9.47 Å². The number of Topliss-reactive ketones (excluding diaryl/α,β-unsaturated/α-hetero) is 1. The van der Waals surface area contributed by atoms with Gasteiger partial charge in [0, 0.05) is 23.3 Å². The van der Waals surface area contributed by atoms with Crippen LogP contribution in [0, 0.1) is 5.92 Å². The van der Waals surface area contributed by atoms with Gasteiger partial charge in [-0.15, -0.1) is 0 Å². The Kier molecular flexibility index (Phi) is 6.93. The van der Waals surface area contributed by atoms with Gasteiger partial charge < -0.3 is 29.9 Å². The van der Waals surface area contributed by atoms with Crippen molar-refractivity contribution in [1.82, 2.24) is 0 Å². The second kappa shape index (κ2) is 9.35. The fourth-order valence-corrected chi connectivity index (χ4v) is 4.14. The molecule has 0 fully saturated rings. The normalized spacial score (nSPS) is 16.6. The van der Waals surface area contributed by atoms with E-state index in [0.717, 1.165) is 5.57 Å². The van der Waals surface area contributed by atoms with E-state index in [2.05, 4.69) is 6.58 Å². The summed E-state index contributed by atoms with van der Waals surface area (Å²) in [5.41, 5.74) is 1.11. The molecular formula is C26H32O7. The molecule has 0 amide bonds. The van der Waals surface area contributed by atoms with Crippen molar-refractivity contribution >= 4 is 5.78 Å². The first-order chi connectivity index (χ1) is 15.4. The highest BCUT2D eigenvalue weighted by molar-refractivity contribution is 6.03. The Morgan fingerprint density at radius 2 is 1.94 bits per heavy atom. The number of benzene rings is 2. The molecule has 0 saturated carbocycles. The number of carbonyl (C=O) groups is 1. The Labute approximate surface area is 193 Å². The first-order valence-corrected chi connectivity index (χ1v) is 10.9. The minimum Gasteiger partial charge on any atom is -0.508 e. The first kappa shape index (κ1) is 24.5. The van der Waals surface area contributed by atoms with Crippen molar-refractivity contribution in [2.45, 2.75) is 58.2 Å². The molecule has 3 rings (SSSR count). The lowest BCUT2D eigenvalue weighted by Gasteiger charge is -2.30. The van der Waals surface area contributed by atoms with Crippen LogP contribution in [0.1, 0.15) is 67.6 Å². The molecule has 4 N–H and O–H groups in total. The van der Waals surface area contributed by atoms with Crippen molar-refractivity contribution in [2.75, 3.05) is 7.11 Å². The fraction of sp³-hybridized carbons (Fsp3) is 0.423. The van der Waals surface area contributed by atoms with Gasteiger partial charge in [-0.2, -0.15) is 0 Å². The average molecular weight is 457 g/mol. The molecule has 0 spiro atoms. The van der Waals surface area contributed by atoms with Crippen LogP contribution in [-0.4, -0.2) is 38.9 Å². The maximum atomic E-state index is 13.1. The molecule has 2 aromatic carbocycles. The zero-order chi connectivity index (χ0) is 24.5. The number of phenols is 3. The fourth-order valence-electron chi connectivity index (χ4n) is 4.14. The Balaban J connectivity index is 2.05. The van der Waals surface area contributed by atoms with Gasteiger partial charge in [-0.05, 0) is 58.1 Å². The lowest BCUT2D eigenvalue weighted by Crippen LogP contribution is -2.24. The Morgan fingerprint density at radius 1 is 1.24 bits per heavy atom. The van der Waals surface area contributed by atoms with Crippen molar-refractivity contribution in [3.8, 4) is 28.7 Å². The third-order valence-electron chi connectivity index (χ3n) is 6.07. The molecule has 2 atom stereocenters. The number of allylic oxidation sites excluding steroid dienone is 1. The lowest BCUT2D eigenvalue weighted by atomic mass is 9.84. The van der Waals surface area contributed by atoms with Gasteiger partial charge in [-0.3, -0.25) is 4.79 Å². The van der Waals surface area contributed by atoms with Gasteiger partial charge >= 0.3 is 0 Å². The molecular weight excluding hydrogens is 424 g/mol. The van der Waals surface area contributed by atoms with Crippen LogP contribution in [-0.2, 0) is 6.42 Å². The number of ether oxygens (including phenoxy) is 2. The van der Waals surface area contributed by atoms with E-state index in [1.54, 1.807) is 13.8 Å². The number of phenolic OH excluding ortho intramolecular Hbond substituents is 3. The van der Waals surface area contributed by atoms with Crippen molar-refractivity contribution < 1.29 is 34.7 Å². The monoisotopic (exact) mass is 456 g/mol. The van der Waals surface area contributed by atoms with Gasteiger partial charge in [0.05, 0.1) is 19.1 Å². The molecule has 2 aromatic rings. The van der Waals surface area contributed by atoms with Crippen molar-refractivity contribution in [3.63, 3.8) is 0 Å². The largest absolute Gasteiger partial charge is 0.508 e. The summed E-state index contributed by atoms with van der Waals surface area (Å²) in [4.78, 5) is 13.1. The number of carbonyl (C=O) groups excluding carboxylic acids is 1. The number of hydrogen-bond acceptors (Lipinski definition) is 7. The Morgan fingerprint density at radius 3 is 2.52 bits per heavy atom. The summed E-state index contributed by atoms with van der Waals surface area (Å²) in [6, 6.07) is 5.53. The van der Waals surface area contributed by atoms with Gasteiger partial charge in [-0.1, -0.05) is 12.2 Å². The molecule has 0 aromatic heterocycles. The SMILES string of the molecule is C=C(C)C(CCC(C)(C)O)Cc1c(O)cc(OC)c2c1O[C@H](c1ccc(O)cc1O)CC2=O. The maximum Gasteiger partial charge on any atom is 0.174 e. The van der Waals surface area contributed by atoms with E-state index in [4.69, 9.17) is 9.47 Å². The van der Waals surface area contributed by atoms with E-state index in [9.17, 15) is 25.2 Å². The van der Waals surface area contributed by atoms with Crippen LogP contribution in [0.2, 0.25) is 0 Å². The summed E-state index contributed by atoms with van der Waals surface area (Å²) in [6.45, 7) is 9.45. The summed E-state index contributed by atoms with van der Waals surface area (Å²) < 4.78 is 11.6. The quantitative estimate of drug-likeness (QED) is 0.421. The molecule has 0 bridgehead atoms. The van der Waals surface area contributed by atoms with E-state index < -0.39 is 11.7 Å². The highest BCUT2D eigenvalue weighted by atomic mass is 16.5. The number of rotatable bonds is 8. The maximum absolute atomic E-state index is 13.1. The Hall–Kier alpha value is -3.19. The Bertz CT molecular complexity index is 1070. The van der Waals surface area contributed by atoms with Crippen LogP contribution in [0.3, 0.4) is 0 Å². The van der Waals surface area contributed by atoms with Crippen LogP contribution in [0.5, 0.6) is 28.7 Å². The zero-order valence-corrected chi connectivity index (χ0v) is 19.5. The van der Waals surface area contributed by atoms with Crippen LogP contribution >= 0.6 is 0 Å². The van der Waals surface area contributed by atoms with E-state index in [-0.39, 0.29) is 52.4 Å². The second-order valence-electron chi connectivity index (χ2n) is 9.36. The summed E-state index contributed by atoms with van der Waals surface area (Å²) in [7, 11) is 1.42. The molecule has 1 aliphatic heterocycles. The number of fused-ring (bicyclic) bond motifs is 1. The summed E-state index contributed by atoms with van der Waals surface area (Å²) in [6.07, 6.45) is 0.693. The van der Waals surface area contributed by atoms with E-state index >= 15 is 0 Å². The molecule has 1 unspecified atom stereocenters. The average Bonchev–Trinajstić information content (AvgIpc) is 2.70. The van der Waals surface area contributed by atoms with E-state index in [0.29, 0.717) is 30.4 Å². The molecule has 1 heterocycles. The van der Waals surface area contributed by atoms with Crippen LogP contribution in [0.25, 0.3) is 0 Å². The predicted octanol–water partition coefficient (Wildman–Crippen LogP) is 4.80. The van der Waals surface area contributed by atoms with Gasteiger partial charge in [-0.25, -0.2) is 0 Å². The summed E-state index contributed by atoms with van der Waals surface area (Å²) >= 11 is 0. The van der Waals surface area contributed by atoms with Crippen LogP contribution in [0.4, 0.5) is 0 Å². The molecule has 178 valence electrons. The summed E-state index contributed by atoms with van der Waals surface area (Å²) in [5.74, 6) is -0.229. The number of aromatic hydroxyl groups is 3. The second-order valence-corrected chi connectivity index (χ2v) is 9.36. The lowest BCUT2D eigenvalue weighted by molar-refractivity contribution is 0.0650. The number of ketones is 1. The first-order valence-electron chi connectivity index (χ1n) is 10.9. The standard InChI is InChI=1S/C26H32O7/c1-14(2)15(8-9-26(3,4)31)10-18-20(29)12-23(32-5)24-21(30)13-22(33-25(18)24)17-7-6-16(27)11-19(17)28/h6-7,11-12,15,22,27-29,31H,1,8-10,13H2,2-5H3/t15?,22-/m0/s1. The molecule has 0 aliphatic carbocycles. The molecule has 0 saturated heterocycles. The van der Waals surface area contributed by atoms with Gasteiger partial charge in [0.1, 0.15) is 40.4 Å². The summed E-state index contributed by atoms with van der Waals surface area (Å²) in [5, 5.41) is 40.9. The number of hydrogen-bond donors (Lipinski definition) is 4. The molecule has 0 radical (unpaired) electrons. The smallest absolute Gasteiger partial charge is 0.174 e. The van der Waals surface area contributed by atoms with Crippen molar-refractivity contribution in [1.29, 1.82) is 0 Å². The van der Waals surface area contributed by atoms with E-state index in [1.807, 2.05) is 6.92 Å². The van der Waals surface area contributed by atoms with E-state index in [1.165, 1.54) is 31.4 Å². The molecule has 7 heteroatoms. The van der Waals surface area contributed by atoms with Gasteiger partial charge in [0.25, 0.3) is 0 Å². The zero-order valence-electron chi connectivity index (χ0n) is 19.5. The predicted molar refractivity (Wildman–Crippen MR) is 124 cm³/mol. The number of aliphatic hydroxyl groups is 1. The van der Waals surface area contributed by atoms with Crippen molar-refractivity contribution in [3.05, 3.63) is 53.1 Å². The minimum absolute atomic E-state index is 0.0332. The molecule has 33 heavy (non-hydrogen) atoms.